The van der Waals surface area contributed by atoms with Crippen LogP contribution in [0.1, 0.15) is 77.3 Å². The first-order chi connectivity index (χ1) is 28.7. The van der Waals surface area contributed by atoms with Crippen LogP contribution in [0.5, 0.6) is 0 Å². The molecule has 18 nitrogen and oxygen atoms in total. The van der Waals surface area contributed by atoms with Crippen LogP contribution in [0.2, 0.25) is 0 Å². The summed E-state index contributed by atoms with van der Waals surface area (Å²) in [6.07, 6.45) is 9.37. The molecule has 27 heteroatoms. The Labute approximate surface area is 480 Å². The third-order valence-electron chi connectivity index (χ3n) is 11.1. The molecule has 2 aromatic rings. The summed E-state index contributed by atoms with van der Waals surface area (Å²) in [5.41, 5.74) is 4.89. The van der Waals surface area contributed by atoms with Crippen LogP contribution in [0.4, 0.5) is 11.4 Å². The minimum absolute atomic E-state index is 0. The van der Waals surface area contributed by atoms with E-state index in [4.69, 9.17) is 0 Å². The summed E-state index contributed by atoms with van der Waals surface area (Å²) in [4.78, 5) is 2.05. The van der Waals surface area contributed by atoms with E-state index in [0.717, 1.165) is 40.2 Å². The van der Waals surface area contributed by atoms with Crippen molar-refractivity contribution in [1.82, 2.24) is 5.32 Å². The molecule has 0 saturated heterocycles. The zero-order valence-electron chi connectivity index (χ0n) is 38.4. The van der Waals surface area contributed by atoms with Crippen LogP contribution in [0.3, 0.4) is 0 Å². The van der Waals surface area contributed by atoms with Crippen molar-refractivity contribution in [3.63, 3.8) is 0 Å². The van der Waals surface area contributed by atoms with Gasteiger partial charge in [0.15, 0.2) is 5.71 Å². The van der Waals surface area contributed by atoms with Crippen LogP contribution in [-0.2, 0) is 60.7 Å². The molecule has 66 heavy (non-hydrogen) atoms. The van der Waals surface area contributed by atoms with Gasteiger partial charge in [0, 0.05) is 70.4 Å². The van der Waals surface area contributed by atoms with Gasteiger partial charge in [-0.1, -0.05) is 26.0 Å². The van der Waals surface area contributed by atoms with Crippen molar-refractivity contribution in [3.8, 4) is 0 Å². The standard InChI is InChI=1S/C39H51N3O15S5.4Na/c1-38(2)31-25-29(58-57-56-43)13-15-33(31)41(20-5-7-22-59(44,45)46)35(38)17-11-27-9-10-28(37(27)40-19-24-61(50,51)52)12-18-36-39(3,4)32-26-30(62(53,54)55)14-16-34(32)42(36)21-6-8-23-60(47,48)49;;;;/h11-18,25-26H,5-10,19-24H2,1-4H3,(H5,43,44,45,46,47,48,49,50,51,52,53,54,55);;;;/q;4*+1/p-3/b28-12?,36-18+;;;;. The van der Waals surface area contributed by atoms with E-state index < -0.39 is 73.5 Å². The smallest absolute Gasteiger partial charge is 0.748 e. The van der Waals surface area contributed by atoms with E-state index >= 15 is 0 Å². The number of hydrogen-bond donors (Lipinski definition) is 2. The second-order valence-electron chi connectivity index (χ2n) is 16.1. The van der Waals surface area contributed by atoms with Crippen molar-refractivity contribution in [1.29, 1.82) is 0 Å². The molecule has 0 fully saturated rings. The van der Waals surface area contributed by atoms with E-state index in [0.29, 0.717) is 53.3 Å². The van der Waals surface area contributed by atoms with Gasteiger partial charge in [-0.15, -0.1) is 0 Å². The van der Waals surface area contributed by atoms with Gasteiger partial charge in [-0.2, -0.15) is 17.3 Å². The monoisotopic (exact) mass is 1050 g/mol. The third-order valence-corrected chi connectivity index (χ3v) is 14.8. The summed E-state index contributed by atoms with van der Waals surface area (Å²) in [5.74, 6) is -1.67. The predicted molar refractivity (Wildman–Crippen MR) is 226 cm³/mol. The molecule has 0 aromatic heterocycles. The molecular weight excluding hydrogens is 1000 g/mol. The van der Waals surface area contributed by atoms with E-state index in [2.05, 4.69) is 14.7 Å². The number of unbranched alkanes of at least 4 members (excludes halogenated alkanes) is 2. The third kappa shape index (κ3) is 17.4. The molecule has 0 amide bonds. The molecule has 2 aromatic carbocycles. The van der Waals surface area contributed by atoms with Gasteiger partial charge in [-0.3, -0.25) is 9.59 Å². The Balaban J connectivity index is 0.00000544. The minimum Gasteiger partial charge on any atom is -0.748 e. The fourth-order valence-electron chi connectivity index (χ4n) is 8.10. The van der Waals surface area contributed by atoms with Gasteiger partial charge in [0.25, 0.3) is 10.1 Å². The SMILES string of the molecule is CC1(C)C(C=CC2=C(NCCS(=O)(=O)[O-])C(=C/C=C3/N(CCCCS(=O)(=O)[O-])c4ccc(S(=O)(=O)[O-])cc4C3(C)C)CC2)=[N+](CCCCS(=O)(=O)O)c2ccc(SOO[O-])cc21.[Na+].[Na+].[Na+].[Na+]. The zero-order valence-corrected chi connectivity index (χ0v) is 50.4. The van der Waals surface area contributed by atoms with Crippen LogP contribution in [-0.4, -0.2) is 99.1 Å². The van der Waals surface area contributed by atoms with Gasteiger partial charge in [-0.25, -0.2) is 25.3 Å². The number of rotatable bonds is 21. The van der Waals surface area contributed by atoms with E-state index in [1.54, 1.807) is 6.07 Å². The van der Waals surface area contributed by atoms with Gasteiger partial charge in [0.05, 0.1) is 54.1 Å². The summed E-state index contributed by atoms with van der Waals surface area (Å²) in [6, 6.07) is 9.47. The molecule has 342 valence electrons. The molecule has 0 radical (unpaired) electrons. The minimum atomic E-state index is -4.80. The number of anilines is 1. The second-order valence-corrected chi connectivity index (χ2v) is 22.9. The maximum Gasteiger partial charge on any atom is 1.00 e. The fraction of sp³-hybridized carbons (Fsp3) is 0.462. The number of nitrogens with one attached hydrogen (secondary N) is 1. The fourth-order valence-corrected chi connectivity index (χ4v) is 10.5. The Kier molecular flexibility index (Phi) is 25.9. The van der Waals surface area contributed by atoms with Gasteiger partial charge < -0.3 is 29.1 Å². The quantitative estimate of drug-likeness (QED) is 0.0223. The maximum absolute atomic E-state index is 12.0. The normalized spacial score (nSPS) is 17.9. The van der Waals surface area contributed by atoms with Crippen molar-refractivity contribution in [2.24, 2.45) is 0 Å². The Bertz CT molecular complexity index is 2690. The molecule has 5 rings (SSSR count). The van der Waals surface area contributed by atoms with Gasteiger partial charge in [0.2, 0.25) is 5.69 Å². The Morgan fingerprint density at radius 2 is 1.44 bits per heavy atom. The summed E-state index contributed by atoms with van der Waals surface area (Å²) in [5, 5.41) is 17.2. The van der Waals surface area contributed by atoms with Crippen LogP contribution in [0.15, 0.2) is 93.0 Å². The average Bonchev–Trinajstić information content (AvgIpc) is 3.71. The molecule has 1 aliphatic carbocycles. The molecule has 0 unspecified atom stereocenters. The van der Waals surface area contributed by atoms with Crippen molar-refractivity contribution in [3.05, 3.63) is 94.4 Å². The molecule has 3 aliphatic rings. The second kappa shape index (κ2) is 26.5. The van der Waals surface area contributed by atoms with Gasteiger partial charge in [0.1, 0.15) is 16.7 Å². The van der Waals surface area contributed by atoms with Gasteiger partial charge in [-0.05, 0) is 99.1 Å². The first kappa shape index (κ1) is 64.6. The first-order valence-electron chi connectivity index (χ1n) is 19.4. The summed E-state index contributed by atoms with van der Waals surface area (Å²) in [6.45, 7) is 8.10. The number of hydrogen-bond acceptors (Lipinski definition) is 17. The average molecular weight is 1050 g/mol. The molecule has 0 atom stereocenters. The largest absolute Gasteiger partial charge is 1.00 e. The number of allylic oxidation sites excluding steroid dienone is 7. The van der Waals surface area contributed by atoms with E-state index in [9.17, 15) is 57.1 Å². The Morgan fingerprint density at radius 3 is 2.05 bits per heavy atom. The molecule has 0 saturated carbocycles. The van der Waals surface area contributed by atoms with Crippen LogP contribution in [0, 0.1) is 0 Å². The summed E-state index contributed by atoms with van der Waals surface area (Å²) < 4.78 is 144. The summed E-state index contributed by atoms with van der Waals surface area (Å²) in [7, 11) is -18.0. The molecule has 2 heterocycles. The number of benzene rings is 2. The zero-order chi connectivity index (χ0) is 45.9. The maximum atomic E-state index is 12.0. The van der Waals surface area contributed by atoms with Crippen LogP contribution < -0.4 is 134 Å². The molecular formula is C39H48N3Na4O15S5+. The van der Waals surface area contributed by atoms with E-state index in [1.807, 2.05) is 73.6 Å². The van der Waals surface area contributed by atoms with Crippen molar-refractivity contribution in [2.75, 3.05) is 41.8 Å². The number of nitrogens with zero attached hydrogens (tertiary/aromatic N) is 2. The Morgan fingerprint density at radius 1 is 0.788 bits per heavy atom. The van der Waals surface area contributed by atoms with Crippen molar-refractivity contribution in [2.45, 2.75) is 86.8 Å². The van der Waals surface area contributed by atoms with Crippen LogP contribution >= 0.6 is 12.0 Å². The molecule has 2 N–H and O–H groups in total. The van der Waals surface area contributed by atoms with Crippen LogP contribution in [0.25, 0.3) is 0 Å². The van der Waals surface area contributed by atoms with Crippen molar-refractivity contribution >= 4 is 69.6 Å². The topological polar surface area (TPSA) is 286 Å². The number of fused-ring (bicyclic) bond motifs is 2. The van der Waals surface area contributed by atoms with Gasteiger partial charge >= 0.3 is 118 Å². The molecule has 2 aliphatic heterocycles. The first-order valence-corrected chi connectivity index (χ1v) is 26.3. The van der Waals surface area contributed by atoms with Crippen molar-refractivity contribution < 1.29 is 189 Å². The summed E-state index contributed by atoms with van der Waals surface area (Å²) >= 11 is 0.735. The van der Waals surface area contributed by atoms with E-state index in [-0.39, 0.29) is 151 Å². The Hall–Kier alpha value is 0.540. The predicted octanol–water partition coefficient (Wildman–Crippen LogP) is -8.45. The molecule has 0 spiro atoms. The van der Waals surface area contributed by atoms with E-state index in [1.165, 1.54) is 18.2 Å². The molecule has 0 bridgehead atoms.